The summed E-state index contributed by atoms with van der Waals surface area (Å²) in [6.45, 7) is 4.64. The molecule has 0 aliphatic heterocycles. The van der Waals surface area contributed by atoms with Crippen molar-refractivity contribution in [2.24, 2.45) is 5.41 Å². The van der Waals surface area contributed by atoms with E-state index < -0.39 is 0 Å². The van der Waals surface area contributed by atoms with Gasteiger partial charge in [0.05, 0.1) is 10.7 Å². The molecule has 0 amide bonds. The van der Waals surface area contributed by atoms with E-state index in [-0.39, 0.29) is 0 Å². The van der Waals surface area contributed by atoms with Gasteiger partial charge in [0.15, 0.2) is 0 Å². The van der Waals surface area contributed by atoms with Gasteiger partial charge in [-0.05, 0) is 42.9 Å². The Bertz CT molecular complexity index is 388. The van der Waals surface area contributed by atoms with Gasteiger partial charge in [-0.1, -0.05) is 25.4 Å². The number of nitrogens with one attached hydrogen (secondary N) is 1. The van der Waals surface area contributed by atoms with Crippen LogP contribution in [0.15, 0.2) is 18.2 Å². The van der Waals surface area contributed by atoms with Crippen LogP contribution in [-0.4, -0.2) is 6.04 Å². The molecule has 1 saturated carbocycles. The number of hydrogen-bond donors (Lipinski definition) is 2. The van der Waals surface area contributed by atoms with Gasteiger partial charge in [0.2, 0.25) is 0 Å². The van der Waals surface area contributed by atoms with Crippen LogP contribution in [0.4, 0.5) is 11.4 Å². The molecule has 0 heterocycles. The number of benzene rings is 1. The molecule has 3 N–H and O–H groups in total. The van der Waals surface area contributed by atoms with Gasteiger partial charge in [-0.25, -0.2) is 0 Å². The molecule has 1 unspecified atom stereocenters. The number of rotatable bonds is 2. The third-order valence-electron chi connectivity index (χ3n) is 3.32. The number of nitrogens with two attached hydrogens (primary N) is 1. The maximum absolute atomic E-state index is 6.14. The van der Waals surface area contributed by atoms with Crippen LogP contribution in [0.3, 0.4) is 0 Å². The zero-order valence-corrected chi connectivity index (χ0v) is 10.6. The first-order valence-electron chi connectivity index (χ1n) is 5.78. The largest absolute Gasteiger partial charge is 0.399 e. The van der Waals surface area contributed by atoms with Crippen LogP contribution in [0.2, 0.25) is 5.02 Å². The number of halogens is 1. The van der Waals surface area contributed by atoms with E-state index in [1.54, 1.807) is 6.07 Å². The molecule has 1 fully saturated rings. The van der Waals surface area contributed by atoms with Crippen LogP contribution in [0.5, 0.6) is 0 Å². The quantitative estimate of drug-likeness (QED) is 0.767. The Morgan fingerprint density at radius 1 is 1.44 bits per heavy atom. The van der Waals surface area contributed by atoms with E-state index in [1.165, 1.54) is 19.3 Å². The molecule has 2 rings (SSSR count). The van der Waals surface area contributed by atoms with E-state index >= 15 is 0 Å². The summed E-state index contributed by atoms with van der Waals surface area (Å²) in [6.07, 6.45) is 3.69. The van der Waals surface area contributed by atoms with Crippen LogP contribution >= 0.6 is 11.6 Å². The van der Waals surface area contributed by atoms with Crippen LogP contribution < -0.4 is 11.1 Å². The highest BCUT2D eigenvalue weighted by Crippen LogP contribution is 2.39. The molecule has 1 atom stereocenters. The maximum Gasteiger partial charge on any atom is 0.0658 e. The van der Waals surface area contributed by atoms with Gasteiger partial charge in [-0.3, -0.25) is 0 Å². The van der Waals surface area contributed by atoms with E-state index in [2.05, 4.69) is 19.2 Å². The Labute approximate surface area is 102 Å². The second-order valence-electron chi connectivity index (χ2n) is 5.49. The van der Waals surface area contributed by atoms with Gasteiger partial charge >= 0.3 is 0 Å². The van der Waals surface area contributed by atoms with E-state index in [1.807, 2.05) is 12.1 Å². The third-order valence-corrected chi connectivity index (χ3v) is 3.63. The van der Waals surface area contributed by atoms with Gasteiger partial charge in [-0.15, -0.1) is 0 Å². The molecule has 0 aromatic heterocycles. The minimum Gasteiger partial charge on any atom is -0.399 e. The molecule has 1 aromatic rings. The van der Waals surface area contributed by atoms with E-state index in [4.69, 9.17) is 17.3 Å². The van der Waals surface area contributed by atoms with Crippen molar-refractivity contribution in [3.05, 3.63) is 23.2 Å². The van der Waals surface area contributed by atoms with Gasteiger partial charge in [0.1, 0.15) is 0 Å². The lowest BCUT2D eigenvalue weighted by Crippen LogP contribution is -2.17. The number of nitrogen functional groups attached to an aromatic ring is 1. The SMILES string of the molecule is CC1(C)CCC(Nc2ccc(N)cc2Cl)C1. The highest BCUT2D eigenvalue weighted by Gasteiger charge is 2.30. The van der Waals surface area contributed by atoms with Crippen LogP contribution in [0.25, 0.3) is 0 Å². The lowest BCUT2D eigenvalue weighted by atomic mass is 9.92. The maximum atomic E-state index is 6.14. The minimum atomic E-state index is 0.456. The number of hydrogen-bond acceptors (Lipinski definition) is 2. The van der Waals surface area contributed by atoms with Crippen molar-refractivity contribution in [2.75, 3.05) is 11.1 Å². The first-order valence-corrected chi connectivity index (χ1v) is 6.16. The van der Waals surface area contributed by atoms with E-state index in [0.717, 1.165) is 5.69 Å². The highest BCUT2D eigenvalue weighted by molar-refractivity contribution is 6.33. The molecule has 0 saturated heterocycles. The summed E-state index contributed by atoms with van der Waals surface area (Å²) in [5, 5.41) is 4.22. The second-order valence-corrected chi connectivity index (χ2v) is 5.89. The van der Waals surface area contributed by atoms with Gasteiger partial charge in [-0.2, -0.15) is 0 Å². The molecule has 1 aromatic carbocycles. The molecule has 88 valence electrons. The van der Waals surface area contributed by atoms with E-state index in [0.29, 0.717) is 22.2 Å². The summed E-state index contributed by atoms with van der Waals surface area (Å²) in [4.78, 5) is 0. The molecule has 1 aliphatic rings. The summed E-state index contributed by atoms with van der Waals surface area (Å²) in [7, 11) is 0. The molecule has 0 spiro atoms. The summed E-state index contributed by atoms with van der Waals surface area (Å²) in [6, 6.07) is 6.18. The molecular formula is C13H19ClN2. The van der Waals surface area contributed by atoms with E-state index in [9.17, 15) is 0 Å². The monoisotopic (exact) mass is 238 g/mol. The molecule has 0 bridgehead atoms. The lowest BCUT2D eigenvalue weighted by Gasteiger charge is -2.19. The predicted molar refractivity (Wildman–Crippen MR) is 70.9 cm³/mol. The number of anilines is 2. The first-order chi connectivity index (χ1) is 7.46. The third kappa shape index (κ3) is 2.62. The van der Waals surface area contributed by atoms with Gasteiger partial charge in [0.25, 0.3) is 0 Å². The molecular weight excluding hydrogens is 220 g/mol. The normalized spacial score (nSPS) is 23.3. The summed E-state index contributed by atoms with van der Waals surface area (Å²) < 4.78 is 0. The average molecular weight is 239 g/mol. The highest BCUT2D eigenvalue weighted by atomic mass is 35.5. The Morgan fingerprint density at radius 3 is 2.75 bits per heavy atom. The molecule has 1 aliphatic carbocycles. The second kappa shape index (κ2) is 4.17. The standard InChI is InChI=1S/C13H19ClN2/c1-13(2)6-5-10(8-13)16-12-4-3-9(15)7-11(12)14/h3-4,7,10,16H,5-6,8,15H2,1-2H3. The van der Waals surface area contributed by atoms with Crippen molar-refractivity contribution in [1.82, 2.24) is 0 Å². The fourth-order valence-electron chi connectivity index (χ4n) is 2.43. The summed E-state index contributed by atoms with van der Waals surface area (Å²) in [5.74, 6) is 0. The Kier molecular flexibility index (Phi) is 3.02. The van der Waals surface area contributed by atoms with Crippen LogP contribution in [0.1, 0.15) is 33.1 Å². The Morgan fingerprint density at radius 2 is 2.19 bits per heavy atom. The van der Waals surface area contributed by atoms with Crippen LogP contribution in [-0.2, 0) is 0 Å². The zero-order chi connectivity index (χ0) is 11.8. The smallest absolute Gasteiger partial charge is 0.0658 e. The molecule has 0 radical (unpaired) electrons. The summed E-state index contributed by atoms with van der Waals surface area (Å²) in [5.41, 5.74) is 7.83. The van der Waals surface area contributed by atoms with Crippen molar-refractivity contribution in [1.29, 1.82) is 0 Å². The van der Waals surface area contributed by atoms with Crippen LogP contribution in [0, 0.1) is 5.41 Å². The summed E-state index contributed by atoms with van der Waals surface area (Å²) >= 11 is 6.14. The zero-order valence-electron chi connectivity index (χ0n) is 9.89. The van der Waals surface area contributed by atoms with Crippen molar-refractivity contribution in [3.8, 4) is 0 Å². The van der Waals surface area contributed by atoms with Crippen molar-refractivity contribution in [3.63, 3.8) is 0 Å². The topological polar surface area (TPSA) is 38.0 Å². The Balaban J connectivity index is 2.05. The fraction of sp³-hybridized carbons (Fsp3) is 0.538. The lowest BCUT2D eigenvalue weighted by molar-refractivity contribution is 0.378. The first kappa shape index (κ1) is 11.6. The van der Waals surface area contributed by atoms with Gasteiger partial charge < -0.3 is 11.1 Å². The van der Waals surface area contributed by atoms with Crippen molar-refractivity contribution < 1.29 is 0 Å². The van der Waals surface area contributed by atoms with Crippen molar-refractivity contribution in [2.45, 2.75) is 39.2 Å². The predicted octanol–water partition coefficient (Wildman–Crippen LogP) is 3.91. The molecule has 3 heteroatoms. The average Bonchev–Trinajstić information content (AvgIpc) is 2.51. The fourth-order valence-corrected chi connectivity index (χ4v) is 2.67. The van der Waals surface area contributed by atoms with Crippen molar-refractivity contribution >= 4 is 23.0 Å². The van der Waals surface area contributed by atoms with Gasteiger partial charge in [0, 0.05) is 11.7 Å². The molecule has 16 heavy (non-hydrogen) atoms. The molecule has 2 nitrogen and oxygen atoms in total. The Hall–Kier alpha value is -0.890. The minimum absolute atomic E-state index is 0.456.